The Labute approximate surface area is 42.9 Å². The van der Waals surface area contributed by atoms with Crippen LogP contribution >= 0.6 is 12.6 Å². The van der Waals surface area contributed by atoms with Crippen molar-refractivity contribution in [1.29, 1.82) is 0 Å². The third-order valence-electron chi connectivity index (χ3n) is 0.320. The SMILES string of the molecule is C=NC(C)(N)S. The minimum atomic E-state index is -0.750. The van der Waals surface area contributed by atoms with Gasteiger partial charge in [-0.1, -0.05) is 0 Å². The summed E-state index contributed by atoms with van der Waals surface area (Å²) in [5.41, 5.74) is 5.17. The zero-order valence-electron chi connectivity index (χ0n) is 3.68. The fourth-order valence-corrected chi connectivity index (χ4v) is 0. The molecular weight excluding hydrogens is 96.1 g/mol. The van der Waals surface area contributed by atoms with Crippen LogP contribution < -0.4 is 5.73 Å². The van der Waals surface area contributed by atoms with Gasteiger partial charge in [-0.15, -0.1) is 12.6 Å². The van der Waals surface area contributed by atoms with E-state index in [0.29, 0.717) is 0 Å². The second-order valence-electron chi connectivity index (χ2n) is 1.25. The van der Waals surface area contributed by atoms with Gasteiger partial charge in [0.25, 0.3) is 0 Å². The number of thiol groups is 1. The molecule has 3 heteroatoms. The smallest absolute Gasteiger partial charge is 0.148 e. The molecule has 36 valence electrons. The van der Waals surface area contributed by atoms with E-state index in [-0.39, 0.29) is 0 Å². The van der Waals surface area contributed by atoms with E-state index < -0.39 is 4.99 Å². The van der Waals surface area contributed by atoms with Gasteiger partial charge in [-0.25, -0.2) is 0 Å². The van der Waals surface area contributed by atoms with Crippen LogP contribution in [0.2, 0.25) is 0 Å². The quantitative estimate of drug-likeness (QED) is 0.279. The Kier molecular flexibility index (Phi) is 1.61. The van der Waals surface area contributed by atoms with Crippen LogP contribution in [-0.4, -0.2) is 11.7 Å². The molecule has 0 aromatic carbocycles. The van der Waals surface area contributed by atoms with Crippen LogP contribution in [0.3, 0.4) is 0 Å². The monoisotopic (exact) mass is 104 g/mol. The first-order chi connectivity index (χ1) is 2.56. The Hall–Kier alpha value is -0.0200. The molecule has 0 fully saturated rings. The van der Waals surface area contributed by atoms with Gasteiger partial charge in [0, 0.05) is 0 Å². The van der Waals surface area contributed by atoms with Crippen molar-refractivity contribution in [2.75, 3.05) is 0 Å². The van der Waals surface area contributed by atoms with Gasteiger partial charge in [-0.3, -0.25) is 10.7 Å². The third-order valence-corrected chi connectivity index (χ3v) is 0.462. The number of hydrogen-bond donors (Lipinski definition) is 2. The summed E-state index contributed by atoms with van der Waals surface area (Å²) < 4.78 is 0. The maximum absolute atomic E-state index is 5.17. The lowest BCUT2D eigenvalue weighted by Crippen LogP contribution is -2.24. The van der Waals surface area contributed by atoms with E-state index in [4.69, 9.17) is 5.73 Å². The molecule has 2 N–H and O–H groups in total. The number of rotatable bonds is 1. The first-order valence-electron chi connectivity index (χ1n) is 1.55. The summed E-state index contributed by atoms with van der Waals surface area (Å²) in [5.74, 6) is 0. The number of aliphatic imine (C=N–C) groups is 1. The van der Waals surface area contributed by atoms with E-state index in [1.54, 1.807) is 6.92 Å². The van der Waals surface area contributed by atoms with E-state index in [9.17, 15) is 0 Å². The van der Waals surface area contributed by atoms with Gasteiger partial charge in [0.15, 0.2) is 0 Å². The molecule has 2 nitrogen and oxygen atoms in total. The van der Waals surface area contributed by atoms with Crippen molar-refractivity contribution in [2.45, 2.75) is 11.9 Å². The van der Waals surface area contributed by atoms with E-state index >= 15 is 0 Å². The van der Waals surface area contributed by atoms with Crippen LogP contribution in [0.15, 0.2) is 4.99 Å². The molecule has 1 atom stereocenters. The van der Waals surface area contributed by atoms with Crippen LogP contribution in [0.4, 0.5) is 0 Å². The zero-order valence-corrected chi connectivity index (χ0v) is 4.57. The maximum atomic E-state index is 5.17. The lowest BCUT2D eigenvalue weighted by atomic mass is 10.6. The lowest BCUT2D eigenvalue weighted by molar-refractivity contribution is 0.734. The lowest BCUT2D eigenvalue weighted by Gasteiger charge is -2.06. The molecule has 0 bridgehead atoms. The summed E-state index contributed by atoms with van der Waals surface area (Å²) >= 11 is 3.80. The summed E-state index contributed by atoms with van der Waals surface area (Å²) in [6.07, 6.45) is 0. The van der Waals surface area contributed by atoms with Crippen LogP contribution in [0.25, 0.3) is 0 Å². The average molecular weight is 104 g/mol. The van der Waals surface area contributed by atoms with Crippen molar-refractivity contribution in [1.82, 2.24) is 0 Å². The van der Waals surface area contributed by atoms with Crippen LogP contribution in [0.1, 0.15) is 6.92 Å². The minimum Gasteiger partial charge on any atom is -0.299 e. The molecule has 0 radical (unpaired) electrons. The van der Waals surface area contributed by atoms with Gasteiger partial charge in [-0.2, -0.15) is 0 Å². The van der Waals surface area contributed by atoms with Crippen LogP contribution in [0, 0.1) is 0 Å². The fraction of sp³-hybridized carbons (Fsp3) is 0.667. The Morgan fingerprint density at radius 2 is 2.17 bits per heavy atom. The molecule has 0 aliphatic carbocycles. The predicted molar refractivity (Wildman–Crippen MR) is 31.1 cm³/mol. The van der Waals surface area contributed by atoms with Crippen molar-refractivity contribution in [3.05, 3.63) is 0 Å². The van der Waals surface area contributed by atoms with E-state index in [1.165, 1.54) is 0 Å². The Morgan fingerprint density at radius 1 is 2.00 bits per heavy atom. The second-order valence-corrected chi connectivity index (χ2v) is 2.16. The fourth-order valence-electron chi connectivity index (χ4n) is 0. The van der Waals surface area contributed by atoms with Crippen LogP contribution in [0.5, 0.6) is 0 Å². The minimum absolute atomic E-state index is 0.750. The van der Waals surface area contributed by atoms with E-state index in [0.717, 1.165) is 0 Å². The molecule has 0 saturated carbocycles. The van der Waals surface area contributed by atoms with Crippen LogP contribution in [-0.2, 0) is 0 Å². The first kappa shape index (κ1) is 5.98. The molecule has 0 aliphatic rings. The molecule has 0 heterocycles. The van der Waals surface area contributed by atoms with Crippen molar-refractivity contribution in [3.8, 4) is 0 Å². The Morgan fingerprint density at radius 3 is 2.17 bits per heavy atom. The average Bonchev–Trinajstić information content (AvgIpc) is 1.35. The van der Waals surface area contributed by atoms with E-state index in [2.05, 4.69) is 24.3 Å². The topological polar surface area (TPSA) is 38.4 Å². The van der Waals surface area contributed by atoms with Crippen molar-refractivity contribution >= 4 is 19.3 Å². The summed E-state index contributed by atoms with van der Waals surface area (Å²) in [5, 5.41) is 0. The molecule has 0 saturated heterocycles. The second kappa shape index (κ2) is 1.62. The highest BCUT2D eigenvalue weighted by molar-refractivity contribution is 7.81. The molecule has 0 aliphatic heterocycles. The third kappa shape index (κ3) is 3.98. The largest absolute Gasteiger partial charge is 0.299 e. The highest BCUT2D eigenvalue weighted by atomic mass is 32.1. The molecule has 0 aromatic heterocycles. The van der Waals surface area contributed by atoms with Gasteiger partial charge >= 0.3 is 0 Å². The molecule has 1 unspecified atom stereocenters. The Balaban J connectivity index is 3.45. The van der Waals surface area contributed by atoms with Crippen molar-refractivity contribution < 1.29 is 0 Å². The highest BCUT2D eigenvalue weighted by Gasteiger charge is 2.02. The number of nitrogens with zero attached hydrogens (tertiary/aromatic N) is 1. The molecule has 0 spiro atoms. The number of hydrogen-bond acceptors (Lipinski definition) is 3. The predicted octanol–water partition coefficient (Wildman–Crippen LogP) is 0.249. The van der Waals surface area contributed by atoms with Crippen molar-refractivity contribution in [2.24, 2.45) is 10.7 Å². The van der Waals surface area contributed by atoms with Gasteiger partial charge in [0.2, 0.25) is 0 Å². The summed E-state index contributed by atoms with van der Waals surface area (Å²) in [6.45, 7) is 4.84. The summed E-state index contributed by atoms with van der Waals surface area (Å²) in [7, 11) is 0. The molecule has 6 heavy (non-hydrogen) atoms. The molecule has 0 amide bonds. The highest BCUT2D eigenvalue weighted by Crippen LogP contribution is 2.02. The normalized spacial score (nSPS) is 19.2. The first-order valence-corrected chi connectivity index (χ1v) is 2.00. The molecular formula is C3H8N2S. The number of nitrogens with two attached hydrogens (primary N) is 1. The van der Waals surface area contributed by atoms with Gasteiger partial charge < -0.3 is 0 Å². The molecule has 0 aromatic rings. The summed E-state index contributed by atoms with van der Waals surface area (Å²) in [4.78, 5) is 2.66. The van der Waals surface area contributed by atoms with Crippen molar-refractivity contribution in [3.63, 3.8) is 0 Å². The maximum Gasteiger partial charge on any atom is 0.148 e. The van der Waals surface area contributed by atoms with Gasteiger partial charge in [0.05, 0.1) is 0 Å². The molecule has 0 rings (SSSR count). The van der Waals surface area contributed by atoms with Gasteiger partial charge in [-0.05, 0) is 13.6 Å². The standard InChI is InChI=1S/C3H8N2S/c1-3(4,6)5-2/h6H,2,4H2,1H3. The van der Waals surface area contributed by atoms with Gasteiger partial charge in [0.1, 0.15) is 4.99 Å². The van der Waals surface area contributed by atoms with E-state index in [1.807, 2.05) is 0 Å². The zero-order chi connectivity index (χ0) is 5.21. The summed E-state index contributed by atoms with van der Waals surface area (Å²) in [6, 6.07) is 0. The Bertz CT molecular complexity index is 54.3.